The highest BCUT2D eigenvalue weighted by Crippen LogP contribution is 2.41. The third-order valence-corrected chi connectivity index (χ3v) is 5.62. The van der Waals surface area contributed by atoms with Gasteiger partial charge in [0.05, 0.1) is 0 Å². The third-order valence-electron chi connectivity index (χ3n) is 5.62. The number of unbranched alkanes of at least 4 members (excludes halogenated alkanes) is 1. The van der Waals surface area contributed by atoms with Crippen LogP contribution in [0.15, 0.2) is 11.1 Å². The number of allylic oxidation sites excluding steroid dienone is 2. The molecule has 1 aliphatic rings. The Kier molecular flexibility index (Phi) is 27.7. The van der Waals surface area contributed by atoms with Gasteiger partial charge in [0.15, 0.2) is 0 Å². The van der Waals surface area contributed by atoms with Crippen molar-refractivity contribution in [3.8, 4) is 0 Å². The van der Waals surface area contributed by atoms with Crippen LogP contribution in [0.4, 0.5) is 0 Å². The van der Waals surface area contributed by atoms with Crippen LogP contribution in [0.5, 0.6) is 0 Å². The van der Waals surface area contributed by atoms with Crippen molar-refractivity contribution in [2.24, 2.45) is 17.8 Å². The first-order valence-corrected chi connectivity index (χ1v) is 12.8. The van der Waals surface area contributed by atoms with Gasteiger partial charge in [-0.05, 0) is 62.7 Å². The summed E-state index contributed by atoms with van der Waals surface area (Å²) in [5.41, 5.74) is 3.66. The maximum atomic E-state index is 2.44. The summed E-state index contributed by atoms with van der Waals surface area (Å²) < 4.78 is 0. The van der Waals surface area contributed by atoms with Crippen molar-refractivity contribution < 1.29 is 0 Å². The van der Waals surface area contributed by atoms with Gasteiger partial charge in [-0.1, -0.05) is 113 Å². The predicted octanol–water partition coefficient (Wildman–Crippen LogP) is 10.6. The smallest absolute Gasteiger partial charge is 0.0175 e. The summed E-state index contributed by atoms with van der Waals surface area (Å²) in [5, 5.41) is 0. The summed E-state index contributed by atoms with van der Waals surface area (Å²) in [4.78, 5) is 0. The molecule has 0 heterocycles. The van der Waals surface area contributed by atoms with Crippen LogP contribution in [0, 0.1) is 17.8 Å². The Morgan fingerprint density at radius 3 is 1.56 bits per heavy atom. The van der Waals surface area contributed by atoms with E-state index < -0.39 is 0 Å². The maximum Gasteiger partial charge on any atom is -0.0175 e. The quantitative estimate of drug-likeness (QED) is 0.366. The lowest BCUT2D eigenvalue weighted by Crippen LogP contribution is -2.23. The fraction of sp³-hybridized carbons (Fsp3) is 0.926. The molecule has 0 radical (unpaired) electrons. The largest absolute Gasteiger partial charge is 0.0713 e. The molecule has 1 saturated carbocycles. The molecule has 0 aliphatic heterocycles. The number of rotatable bonds is 8. The monoisotopic (exact) mass is 382 g/mol. The lowest BCUT2D eigenvalue weighted by molar-refractivity contribution is 0.225. The van der Waals surface area contributed by atoms with Gasteiger partial charge >= 0.3 is 0 Å². The Morgan fingerprint density at radius 2 is 1.22 bits per heavy atom. The van der Waals surface area contributed by atoms with E-state index in [1.165, 1.54) is 70.6 Å². The van der Waals surface area contributed by atoms with E-state index in [0.29, 0.717) is 0 Å². The Hall–Kier alpha value is -0.260. The highest BCUT2D eigenvalue weighted by atomic mass is 14.3. The van der Waals surface area contributed by atoms with Gasteiger partial charge in [0.1, 0.15) is 0 Å². The molecule has 1 unspecified atom stereocenters. The van der Waals surface area contributed by atoms with Crippen LogP contribution in [0.2, 0.25) is 0 Å². The minimum Gasteiger partial charge on any atom is -0.0713 e. The van der Waals surface area contributed by atoms with Gasteiger partial charge in [-0.3, -0.25) is 0 Å². The zero-order chi connectivity index (χ0) is 21.7. The first-order valence-electron chi connectivity index (χ1n) is 12.8. The molecule has 0 aromatic rings. The van der Waals surface area contributed by atoms with E-state index in [1.54, 1.807) is 5.57 Å². The second-order valence-electron chi connectivity index (χ2n) is 7.68. The summed E-state index contributed by atoms with van der Waals surface area (Å²) >= 11 is 0. The first kappa shape index (κ1) is 31.4. The van der Waals surface area contributed by atoms with E-state index in [1.807, 2.05) is 33.3 Å². The van der Waals surface area contributed by atoms with Crippen molar-refractivity contribution in [3.05, 3.63) is 11.1 Å². The molecule has 0 aromatic heterocycles. The van der Waals surface area contributed by atoms with Gasteiger partial charge < -0.3 is 0 Å². The lowest BCUT2D eigenvalue weighted by Gasteiger charge is -2.35. The van der Waals surface area contributed by atoms with E-state index in [0.717, 1.165) is 17.8 Å². The minimum absolute atomic E-state index is 0.893. The standard InChI is InChI=1S/C20H38.C3H8.2C2H6/c1-6-10-11-20(17(7-2)8-3)19(9-4)18-14-12-16(5)13-15-18;1-3-2;2*1-2/h16,18-19H,6-15H2,1-5H3;3H2,1-2H3;2*1-2H3. The zero-order valence-corrected chi connectivity index (χ0v) is 21.5. The molecule has 1 fully saturated rings. The topological polar surface area (TPSA) is 0 Å². The molecule has 0 N–H and O–H groups in total. The zero-order valence-electron chi connectivity index (χ0n) is 21.5. The third kappa shape index (κ3) is 14.4. The van der Waals surface area contributed by atoms with Crippen LogP contribution in [-0.4, -0.2) is 0 Å². The van der Waals surface area contributed by atoms with Crippen molar-refractivity contribution >= 4 is 0 Å². The van der Waals surface area contributed by atoms with Crippen LogP contribution >= 0.6 is 0 Å². The predicted molar refractivity (Wildman–Crippen MR) is 131 cm³/mol. The lowest BCUT2D eigenvalue weighted by atomic mass is 9.70. The molecule has 1 rings (SSSR count). The van der Waals surface area contributed by atoms with Gasteiger partial charge in [-0.2, -0.15) is 0 Å². The molecule has 0 saturated heterocycles. The Balaban J connectivity index is -0.000000725. The summed E-state index contributed by atoms with van der Waals surface area (Å²) in [6.45, 7) is 24.2. The SMILES string of the molecule is CC.CC.CCC.CCCCC(=C(CC)CC)C(CC)C1CCC(C)CC1. The van der Waals surface area contributed by atoms with Crippen molar-refractivity contribution in [1.82, 2.24) is 0 Å². The van der Waals surface area contributed by atoms with Gasteiger partial charge in [0.25, 0.3) is 0 Å². The van der Waals surface area contributed by atoms with E-state index in [-0.39, 0.29) is 0 Å². The highest BCUT2D eigenvalue weighted by molar-refractivity contribution is 5.18. The first-order chi connectivity index (χ1) is 13.1. The van der Waals surface area contributed by atoms with Gasteiger partial charge in [0.2, 0.25) is 0 Å². The normalized spacial score (nSPS) is 19.2. The average molecular weight is 383 g/mol. The molecule has 0 amide bonds. The van der Waals surface area contributed by atoms with E-state index in [2.05, 4.69) is 48.5 Å². The van der Waals surface area contributed by atoms with Crippen molar-refractivity contribution in [2.45, 2.75) is 147 Å². The molecule has 1 aliphatic carbocycles. The fourth-order valence-electron chi connectivity index (χ4n) is 4.25. The maximum absolute atomic E-state index is 2.44. The Labute approximate surface area is 176 Å². The van der Waals surface area contributed by atoms with Crippen LogP contribution < -0.4 is 0 Å². The Bertz CT molecular complexity index is 285. The molecule has 0 nitrogen and oxygen atoms in total. The molecule has 27 heavy (non-hydrogen) atoms. The van der Waals surface area contributed by atoms with Crippen LogP contribution in [-0.2, 0) is 0 Å². The molecule has 166 valence electrons. The summed E-state index contributed by atoms with van der Waals surface area (Å²) in [7, 11) is 0. The Morgan fingerprint density at radius 1 is 0.778 bits per heavy atom. The molecule has 0 spiro atoms. The molecular weight excluding hydrogens is 324 g/mol. The van der Waals surface area contributed by atoms with Crippen LogP contribution in [0.3, 0.4) is 0 Å². The van der Waals surface area contributed by atoms with Gasteiger partial charge in [-0.15, -0.1) is 0 Å². The van der Waals surface area contributed by atoms with Crippen molar-refractivity contribution in [3.63, 3.8) is 0 Å². The van der Waals surface area contributed by atoms with Gasteiger partial charge in [0, 0.05) is 0 Å². The summed E-state index contributed by atoms with van der Waals surface area (Å²) in [6, 6.07) is 0. The summed E-state index contributed by atoms with van der Waals surface area (Å²) in [5.74, 6) is 2.85. The molecule has 1 atom stereocenters. The van der Waals surface area contributed by atoms with Crippen molar-refractivity contribution in [2.75, 3.05) is 0 Å². The average Bonchev–Trinajstić information content (AvgIpc) is 2.72. The fourth-order valence-corrected chi connectivity index (χ4v) is 4.25. The van der Waals surface area contributed by atoms with Crippen LogP contribution in [0.25, 0.3) is 0 Å². The minimum atomic E-state index is 0.893. The van der Waals surface area contributed by atoms with E-state index in [4.69, 9.17) is 0 Å². The number of hydrogen-bond donors (Lipinski definition) is 0. The number of hydrogen-bond acceptors (Lipinski definition) is 0. The van der Waals surface area contributed by atoms with E-state index in [9.17, 15) is 0 Å². The summed E-state index contributed by atoms with van der Waals surface area (Å²) in [6.07, 6.45) is 15.2. The van der Waals surface area contributed by atoms with Gasteiger partial charge in [-0.25, -0.2) is 0 Å². The molecule has 0 aromatic carbocycles. The van der Waals surface area contributed by atoms with Crippen molar-refractivity contribution in [1.29, 1.82) is 0 Å². The van der Waals surface area contributed by atoms with Crippen LogP contribution in [0.1, 0.15) is 147 Å². The highest BCUT2D eigenvalue weighted by Gasteiger charge is 2.28. The molecule has 0 heteroatoms. The molecular formula is C27H58. The molecule has 0 bridgehead atoms. The second kappa shape index (κ2) is 23.8. The second-order valence-corrected chi connectivity index (χ2v) is 7.68. The van der Waals surface area contributed by atoms with E-state index >= 15 is 0 Å².